The summed E-state index contributed by atoms with van der Waals surface area (Å²) >= 11 is 0. The van der Waals surface area contributed by atoms with Crippen LogP contribution in [0.3, 0.4) is 0 Å². The third kappa shape index (κ3) is 5.32. The van der Waals surface area contributed by atoms with Gasteiger partial charge < -0.3 is 19.7 Å². The van der Waals surface area contributed by atoms with Gasteiger partial charge in [0.2, 0.25) is 0 Å². The van der Waals surface area contributed by atoms with Crippen molar-refractivity contribution in [2.75, 3.05) is 49.7 Å². The van der Waals surface area contributed by atoms with Gasteiger partial charge in [0.25, 0.3) is 0 Å². The average Bonchev–Trinajstić information content (AvgIpc) is 2.67. The molecule has 3 rings (SSSR count). The largest absolute Gasteiger partial charge is 0.492 e. The first-order chi connectivity index (χ1) is 12.3. The fraction of sp³-hybridized carbons (Fsp3) is 0.353. The quantitative estimate of drug-likeness (QED) is 0.773. The average molecular weight is 343 g/mol. The predicted octanol–water partition coefficient (Wildman–Crippen LogP) is 1.51. The van der Waals surface area contributed by atoms with Crippen LogP contribution >= 0.6 is 0 Å². The van der Waals surface area contributed by atoms with Gasteiger partial charge in [0.15, 0.2) is 0 Å². The van der Waals surface area contributed by atoms with Crippen LogP contribution in [0.5, 0.6) is 5.75 Å². The Morgan fingerprint density at radius 2 is 2.00 bits per heavy atom. The van der Waals surface area contributed by atoms with Crippen molar-refractivity contribution in [2.45, 2.75) is 0 Å². The van der Waals surface area contributed by atoms with Gasteiger partial charge in [-0.05, 0) is 12.1 Å². The number of hydrogen-bond donors (Lipinski definition) is 2. The molecule has 2 N–H and O–H groups in total. The van der Waals surface area contributed by atoms with Crippen LogP contribution in [-0.4, -0.2) is 55.5 Å². The molecule has 1 aliphatic heterocycles. The summed E-state index contributed by atoms with van der Waals surface area (Å²) in [7, 11) is 0. The van der Waals surface area contributed by atoms with Gasteiger partial charge in [-0.1, -0.05) is 18.2 Å². The van der Waals surface area contributed by atoms with Crippen molar-refractivity contribution >= 4 is 17.7 Å². The van der Waals surface area contributed by atoms with E-state index in [0.29, 0.717) is 32.2 Å². The molecule has 0 radical (unpaired) electrons. The summed E-state index contributed by atoms with van der Waals surface area (Å²) in [5, 5.41) is 5.44. The maximum Gasteiger partial charge on any atom is 0.320 e. The number of hydrogen-bond acceptors (Lipinski definition) is 6. The zero-order valence-electron chi connectivity index (χ0n) is 13.9. The molecule has 0 aliphatic carbocycles. The van der Waals surface area contributed by atoms with E-state index in [1.807, 2.05) is 30.3 Å². The number of carbonyl (C=O) groups is 1. The number of aromatic nitrogens is 2. The molecule has 132 valence electrons. The monoisotopic (exact) mass is 343 g/mol. The standard InChI is InChI=1S/C17H21N5O3/c23-17(18-6-9-25-14-4-2-1-3-5-14)21-15-12-16(20-13-19-15)22-7-10-24-11-8-22/h1-5,12-13H,6-11H2,(H2,18,19,20,21,23). The van der Waals surface area contributed by atoms with E-state index in [9.17, 15) is 4.79 Å². The normalized spacial score (nSPS) is 14.0. The van der Waals surface area contributed by atoms with E-state index in [1.165, 1.54) is 6.33 Å². The molecule has 2 amide bonds. The second-order valence-corrected chi connectivity index (χ2v) is 5.40. The first-order valence-electron chi connectivity index (χ1n) is 8.19. The minimum Gasteiger partial charge on any atom is -0.492 e. The van der Waals surface area contributed by atoms with Crippen LogP contribution in [0.4, 0.5) is 16.4 Å². The highest BCUT2D eigenvalue weighted by molar-refractivity contribution is 5.88. The highest BCUT2D eigenvalue weighted by Crippen LogP contribution is 2.15. The molecule has 25 heavy (non-hydrogen) atoms. The van der Waals surface area contributed by atoms with Gasteiger partial charge in [-0.15, -0.1) is 0 Å². The van der Waals surface area contributed by atoms with E-state index in [1.54, 1.807) is 6.07 Å². The van der Waals surface area contributed by atoms with Crippen LogP contribution in [0.15, 0.2) is 42.7 Å². The minimum absolute atomic E-state index is 0.330. The minimum atomic E-state index is -0.330. The van der Waals surface area contributed by atoms with Crippen molar-refractivity contribution in [3.63, 3.8) is 0 Å². The number of nitrogens with one attached hydrogen (secondary N) is 2. The van der Waals surface area contributed by atoms with Gasteiger partial charge in [-0.25, -0.2) is 14.8 Å². The molecule has 1 aromatic heterocycles. The Morgan fingerprint density at radius 1 is 1.20 bits per heavy atom. The fourth-order valence-electron chi connectivity index (χ4n) is 2.39. The second kappa shape index (κ2) is 8.84. The topological polar surface area (TPSA) is 88.6 Å². The second-order valence-electron chi connectivity index (χ2n) is 5.40. The first-order valence-corrected chi connectivity index (χ1v) is 8.19. The summed E-state index contributed by atoms with van der Waals surface area (Å²) in [6.45, 7) is 3.69. The van der Waals surface area contributed by atoms with Crippen molar-refractivity contribution in [3.05, 3.63) is 42.7 Å². The lowest BCUT2D eigenvalue weighted by Gasteiger charge is -2.27. The zero-order valence-corrected chi connectivity index (χ0v) is 13.9. The van der Waals surface area contributed by atoms with E-state index in [2.05, 4.69) is 25.5 Å². The van der Waals surface area contributed by atoms with Crippen LogP contribution in [0.1, 0.15) is 0 Å². The molecular formula is C17H21N5O3. The van der Waals surface area contributed by atoms with E-state index in [4.69, 9.17) is 9.47 Å². The van der Waals surface area contributed by atoms with E-state index in [-0.39, 0.29) is 6.03 Å². The van der Waals surface area contributed by atoms with Gasteiger partial charge in [-0.2, -0.15) is 0 Å². The van der Waals surface area contributed by atoms with E-state index >= 15 is 0 Å². The van der Waals surface area contributed by atoms with Crippen molar-refractivity contribution in [2.24, 2.45) is 0 Å². The van der Waals surface area contributed by atoms with Crippen LogP contribution in [0.25, 0.3) is 0 Å². The number of nitrogens with zero attached hydrogens (tertiary/aromatic N) is 3. The Hall–Kier alpha value is -2.87. The van der Waals surface area contributed by atoms with Crippen molar-refractivity contribution in [1.29, 1.82) is 0 Å². The Balaban J connectivity index is 1.43. The zero-order chi connectivity index (χ0) is 17.3. The van der Waals surface area contributed by atoms with Gasteiger partial charge in [0, 0.05) is 19.2 Å². The number of anilines is 2. The molecule has 0 bridgehead atoms. The number of urea groups is 1. The van der Waals surface area contributed by atoms with Gasteiger partial charge >= 0.3 is 6.03 Å². The van der Waals surface area contributed by atoms with E-state index in [0.717, 1.165) is 24.7 Å². The lowest BCUT2D eigenvalue weighted by Crippen LogP contribution is -2.37. The Kier molecular flexibility index (Phi) is 6.00. The summed E-state index contributed by atoms with van der Waals surface area (Å²) in [5.41, 5.74) is 0. The number of rotatable bonds is 6. The van der Waals surface area contributed by atoms with Crippen LogP contribution < -0.4 is 20.3 Å². The molecule has 0 saturated carbocycles. The Labute approximate surface area is 146 Å². The summed E-state index contributed by atoms with van der Waals surface area (Å²) < 4.78 is 10.8. The fourth-order valence-corrected chi connectivity index (χ4v) is 2.39. The molecule has 8 heteroatoms. The Morgan fingerprint density at radius 3 is 2.80 bits per heavy atom. The van der Waals surface area contributed by atoms with Crippen LogP contribution in [-0.2, 0) is 4.74 Å². The third-order valence-corrected chi connectivity index (χ3v) is 3.63. The maximum atomic E-state index is 11.9. The molecule has 1 fully saturated rings. The van der Waals surface area contributed by atoms with Crippen LogP contribution in [0, 0.1) is 0 Å². The van der Waals surface area contributed by atoms with Crippen molar-refractivity contribution in [3.8, 4) is 5.75 Å². The lowest BCUT2D eigenvalue weighted by molar-refractivity contribution is 0.122. The molecular weight excluding hydrogens is 322 g/mol. The molecule has 1 aromatic carbocycles. The predicted molar refractivity (Wildman–Crippen MR) is 94.0 cm³/mol. The molecule has 1 saturated heterocycles. The molecule has 1 aliphatic rings. The smallest absolute Gasteiger partial charge is 0.320 e. The lowest BCUT2D eigenvalue weighted by atomic mass is 10.3. The summed E-state index contributed by atoms with van der Waals surface area (Å²) in [4.78, 5) is 22.4. The molecule has 0 spiro atoms. The molecule has 0 atom stereocenters. The number of benzene rings is 1. The first kappa shape index (κ1) is 17.0. The molecule has 8 nitrogen and oxygen atoms in total. The van der Waals surface area contributed by atoms with Gasteiger partial charge in [-0.3, -0.25) is 5.32 Å². The summed E-state index contributed by atoms with van der Waals surface area (Å²) in [6.07, 6.45) is 1.44. The molecule has 2 aromatic rings. The number of morpholine rings is 1. The van der Waals surface area contributed by atoms with Gasteiger partial charge in [0.05, 0.1) is 19.8 Å². The van der Waals surface area contributed by atoms with Crippen molar-refractivity contribution in [1.82, 2.24) is 15.3 Å². The molecule has 2 heterocycles. The number of ether oxygens (including phenoxy) is 2. The van der Waals surface area contributed by atoms with E-state index < -0.39 is 0 Å². The summed E-state index contributed by atoms with van der Waals surface area (Å²) in [5.74, 6) is 2.01. The Bertz CT molecular complexity index is 677. The SMILES string of the molecule is O=C(NCCOc1ccccc1)Nc1cc(N2CCOCC2)ncn1. The number of carbonyl (C=O) groups excluding carboxylic acids is 1. The number of para-hydroxylation sites is 1. The third-order valence-electron chi connectivity index (χ3n) is 3.63. The summed E-state index contributed by atoms with van der Waals surface area (Å²) in [6, 6.07) is 10.9. The molecule has 0 unspecified atom stereocenters. The van der Waals surface area contributed by atoms with Gasteiger partial charge in [0.1, 0.15) is 30.3 Å². The van der Waals surface area contributed by atoms with Crippen LogP contribution in [0.2, 0.25) is 0 Å². The highest BCUT2D eigenvalue weighted by Gasteiger charge is 2.13. The van der Waals surface area contributed by atoms with Crippen molar-refractivity contribution < 1.29 is 14.3 Å². The maximum absolute atomic E-state index is 11.9. The number of amides is 2. The highest BCUT2D eigenvalue weighted by atomic mass is 16.5.